The molecule has 0 aliphatic carbocycles. The van der Waals surface area contributed by atoms with E-state index in [-0.39, 0.29) is 22.3 Å². The second-order valence-corrected chi connectivity index (χ2v) is 8.95. The molecule has 0 aromatic heterocycles. The highest BCUT2D eigenvalue weighted by Gasteiger charge is 2.24. The average molecular weight is 375 g/mol. The molecule has 5 nitrogen and oxygen atoms in total. The van der Waals surface area contributed by atoms with Gasteiger partial charge in [0.2, 0.25) is 10.0 Å². The Bertz CT molecular complexity index is 862. The van der Waals surface area contributed by atoms with Gasteiger partial charge in [0, 0.05) is 11.6 Å². The summed E-state index contributed by atoms with van der Waals surface area (Å²) in [6.45, 7) is 6.24. The highest BCUT2D eigenvalue weighted by molar-refractivity contribution is 7.89. The third-order valence-corrected chi connectivity index (χ3v) is 5.84. The third kappa shape index (κ3) is 4.93. The van der Waals surface area contributed by atoms with Crippen molar-refractivity contribution in [2.24, 2.45) is 0 Å². The van der Waals surface area contributed by atoms with Crippen LogP contribution in [-0.4, -0.2) is 27.4 Å². The van der Waals surface area contributed by atoms with E-state index in [1.807, 2.05) is 25.1 Å². The number of carbonyl (C=O) groups is 1. The molecular weight excluding hydrogens is 348 g/mol. The molecule has 0 fully saturated rings. The van der Waals surface area contributed by atoms with Gasteiger partial charge in [-0.15, -0.1) is 0 Å². The third-order valence-electron chi connectivity index (χ3n) is 4.42. The van der Waals surface area contributed by atoms with E-state index in [9.17, 15) is 13.2 Å². The first-order chi connectivity index (χ1) is 12.2. The van der Waals surface area contributed by atoms with E-state index in [0.717, 1.165) is 6.42 Å². The minimum absolute atomic E-state index is 0.0673. The Hall–Kier alpha value is -2.18. The van der Waals surface area contributed by atoms with E-state index in [1.54, 1.807) is 12.1 Å². The number of sulfonamides is 1. The second kappa shape index (κ2) is 8.01. The van der Waals surface area contributed by atoms with Gasteiger partial charge < -0.3 is 5.32 Å². The zero-order chi connectivity index (χ0) is 19.4. The van der Waals surface area contributed by atoms with E-state index in [4.69, 9.17) is 0 Å². The largest absolute Gasteiger partial charge is 0.350 e. The van der Waals surface area contributed by atoms with E-state index < -0.39 is 10.0 Å². The average Bonchev–Trinajstić information content (AvgIpc) is 2.62. The lowest BCUT2D eigenvalue weighted by molar-refractivity contribution is 0.0934. The van der Waals surface area contributed by atoms with Gasteiger partial charge in [-0.3, -0.25) is 4.79 Å². The lowest BCUT2D eigenvalue weighted by Gasteiger charge is -2.29. The first-order valence-corrected chi connectivity index (χ1v) is 10.0. The Morgan fingerprint density at radius 2 is 1.73 bits per heavy atom. The Kier molecular flexibility index (Phi) is 6.21. The highest BCUT2D eigenvalue weighted by atomic mass is 32.2. The maximum Gasteiger partial charge on any atom is 0.251 e. The Labute approximate surface area is 155 Å². The van der Waals surface area contributed by atoms with Gasteiger partial charge >= 0.3 is 0 Å². The molecule has 0 unspecified atom stereocenters. The van der Waals surface area contributed by atoms with Crippen LogP contribution in [0.5, 0.6) is 0 Å². The van der Waals surface area contributed by atoms with Crippen LogP contribution in [0.2, 0.25) is 0 Å². The molecule has 0 aliphatic heterocycles. The number of hydrogen-bond acceptors (Lipinski definition) is 3. The summed E-state index contributed by atoms with van der Waals surface area (Å²) in [7, 11) is -2.23. The van der Waals surface area contributed by atoms with Gasteiger partial charge in [-0.05, 0) is 49.6 Å². The van der Waals surface area contributed by atoms with Gasteiger partial charge in [0.15, 0.2) is 0 Å². The van der Waals surface area contributed by atoms with Crippen molar-refractivity contribution in [2.75, 3.05) is 7.05 Å². The van der Waals surface area contributed by atoms with Gasteiger partial charge in [0.25, 0.3) is 5.91 Å². The van der Waals surface area contributed by atoms with Gasteiger partial charge in [-0.25, -0.2) is 13.1 Å². The fourth-order valence-electron chi connectivity index (χ4n) is 3.05. The van der Waals surface area contributed by atoms with Gasteiger partial charge in [-0.2, -0.15) is 0 Å². The normalized spacial score (nSPS) is 13.2. The molecule has 0 heterocycles. The summed E-state index contributed by atoms with van der Waals surface area (Å²) in [6, 6.07) is 16.1. The molecule has 26 heavy (non-hydrogen) atoms. The second-order valence-electron chi connectivity index (χ2n) is 7.06. The van der Waals surface area contributed by atoms with Crippen LogP contribution < -0.4 is 10.0 Å². The van der Waals surface area contributed by atoms with Crippen LogP contribution >= 0.6 is 0 Å². The number of benzene rings is 2. The van der Waals surface area contributed by atoms with Crippen LogP contribution in [-0.2, 0) is 15.4 Å². The van der Waals surface area contributed by atoms with Crippen molar-refractivity contribution < 1.29 is 13.2 Å². The van der Waals surface area contributed by atoms with Crippen molar-refractivity contribution in [2.45, 2.75) is 43.5 Å². The summed E-state index contributed by atoms with van der Waals surface area (Å²) in [4.78, 5) is 12.6. The summed E-state index contributed by atoms with van der Waals surface area (Å²) in [6.07, 6.45) is 0.761. The number of carbonyl (C=O) groups excluding carboxylic acids is 1. The predicted molar refractivity (Wildman–Crippen MR) is 104 cm³/mol. The molecule has 2 aromatic carbocycles. The predicted octanol–water partition coefficient (Wildman–Crippen LogP) is 3.08. The van der Waals surface area contributed by atoms with Crippen molar-refractivity contribution in [3.63, 3.8) is 0 Å². The lowest BCUT2D eigenvalue weighted by atomic mass is 9.79. The number of nitrogens with one attached hydrogen (secondary N) is 2. The van der Waals surface area contributed by atoms with E-state index in [1.165, 1.54) is 24.7 Å². The van der Waals surface area contributed by atoms with Crippen LogP contribution in [0.25, 0.3) is 0 Å². The van der Waals surface area contributed by atoms with Crippen molar-refractivity contribution in [3.8, 4) is 0 Å². The fraction of sp³-hybridized carbons (Fsp3) is 0.350. The maximum absolute atomic E-state index is 12.5. The van der Waals surface area contributed by atoms with Gasteiger partial charge in [0.05, 0.1) is 4.90 Å². The molecule has 0 saturated carbocycles. The summed E-state index contributed by atoms with van der Waals surface area (Å²) in [5, 5.41) is 2.96. The van der Waals surface area contributed by atoms with E-state index >= 15 is 0 Å². The molecule has 2 N–H and O–H groups in total. The highest BCUT2D eigenvalue weighted by Crippen LogP contribution is 2.28. The topological polar surface area (TPSA) is 75.3 Å². The molecule has 2 aromatic rings. The van der Waals surface area contributed by atoms with Gasteiger partial charge in [0.1, 0.15) is 0 Å². The van der Waals surface area contributed by atoms with Gasteiger partial charge in [-0.1, -0.05) is 50.2 Å². The standard InChI is InChI=1S/C20H26N2O3S/c1-15(14-20(2,3)17-10-6-5-7-11-17)22-19(23)16-9-8-12-18(13-16)26(24,25)21-4/h5-13,15,21H,14H2,1-4H3,(H,22,23)/t15-/m0/s1. The minimum Gasteiger partial charge on any atom is -0.350 e. The van der Waals surface area contributed by atoms with Crippen LogP contribution in [0.3, 0.4) is 0 Å². The maximum atomic E-state index is 12.5. The zero-order valence-electron chi connectivity index (χ0n) is 15.6. The molecule has 6 heteroatoms. The quantitative estimate of drug-likeness (QED) is 0.782. The van der Waals surface area contributed by atoms with Crippen molar-refractivity contribution >= 4 is 15.9 Å². The monoisotopic (exact) mass is 374 g/mol. The zero-order valence-corrected chi connectivity index (χ0v) is 16.4. The molecule has 1 amide bonds. The summed E-state index contributed by atoms with van der Waals surface area (Å²) >= 11 is 0. The van der Waals surface area contributed by atoms with Crippen LogP contribution in [0.15, 0.2) is 59.5 Å². The van der Waals surface area contributed by atoms with Crippen LogP contribution in [0, 0.1) is 0 Å². The molecule has 0 saturated heterocycles. The SMILES string of the molecule is CNS(=O)(=O)c1cccc(C(=O)N[C@@H](C)CC(C)(C)c2ccccc2)c1. The van der Waals surface area contributed by atoms with Crippen LogP contribution in [0.1, 0.15) is 43.1 Å². The van der Waals surface area contributed by atoms with Crippen LogP contribution in [0.4, 0.5) is 0 Å². The summed E-state index contributed by atoms with van der Waals surface area (Å²) in [5.41, 5.74) is 1.44. The van der Waals surface area contributed by atoms with E-state index in [0.29, 0.717) is 5.56 Å². The lowest BCUT2D eigenvalue weighted by Crippen LogP contribution is -2.37. The molecule has 1 atom stereocenters. The van der Waals surface area contributed by atoms with E-state index in [2.05, 4.69) is 36.0 Å². The summed E-state index contributed by atoms with van der Waals surface area (Å²) < 4.78 is 26.1. The summed E-state index contributed by atoms with van der Waals surface area (Å²) in [5.74, 6) is -0.283. The Balaban J connectivity index is 2.09. The number of rotatable bonds is 7. The smallest absolute Gasteiger partial charge is 0.251 e. The molecular formula is C20H26N2O3S. The number of amides is 1. The minimum atomic E-state index is -3.58. The van der Waals surface area contributed by atoms with Crippen molar-refractivity contribution in [1.82, 2.24) is 10.0 Å². The molecule has 2 rings (SSSR count). The Morgan fingerprint density at radius 3 is 2.35 bits per heavy atom. The molecule has 0 aliphatic rings. The van der Waals surface area contributed by atoms with Crippen molar-refractivity contribution in [3.05, 3.63) is 65.7 Å². The Morgan fingerprint density at radius 1 is 1.08 bits per heavy atom. The first kappa shape index (κ1) is 20.1. The molecule has 0 spiro atoms. The molecule has 0 radical (unpaired) electrons. The first-order valence-electron chi connectivity index (χ1n) is 8.56. The molecule has 0 bridgehead atoms. The van der Waals surface area contributed by atoms with Crippen molar-refractivity contribution in [1.29, 1.82) is 0 Å². The number of hydrogen-bond donors (Lipinski definition) is 2. The fourth-order valence-corrected chi connectivity index (χ4v) is 3.83. The molecule has 140 valence electrons.